The van der Waals surface area contributed by atoms with Crippen molar-refractivity contribution in [3.8, 4) is 11.5 Å². The van der Waals surface area contributed by atoms with Gasteiger partial charge in [-0.05, 0) is 42.3 Å². The molecule has 5 heteroatoms. The van der Waals surface area contributed by atoms with Crippen LogP contribution < -0.4 is 5.43 Å². The van der Waals surface area contributed by atoms with Crippen LogP contribution >= 0.6 is 0 Å². The molecule has 0 aromatic heterocycles. The Morgan fingerprint density at radius 2 is 1.90 bits per heavy atom. The van der Waals surface area contributed by atoms with E-state index in [1.165, 1.54) is 18.3 Å². The van der Waals surface area contributed by atoms with E-state index < -0.39 is 0 Å². The van der Waals surface area contributed by atoms with Gasteiger partial charge in [-0.15, -0.1) is 0 Å². The lowest BCUT2D eigenvalue weighted by atomic mass is 10.1. The van der Waals surface area contributed by atoms with E-state index in [9.17, 15) is 15.0 Å². The number of nitrogens with zero attached hydrogens (tertiary/aromatic N) is 1. The highest BCUT2D eigenvalue weighted by molar-refractivity contribution is 5.96. The van der Waals surface area contributed by atoms with Crippen molar-refractivity contribution in [3.63, 3.8) is 0 Å². The van der Waals surface area contributed by atoms with Crippen LogP contribution in [0.25, 0.3) is 0 Å². The Morgan fingerprint density at radius 1 is 1.15 bits per heavy atom. The van der Waals surface area contributed by atoms with Crippen molar-refractivity contribution in [1.29, 1.82) is 0 Å². The number of aromatic hydroxyl groups is 2. The second-order valence-electron chi connectivity index (χ2n) is 4.26. The quantitative estimate of drug-likeness (QED) is 0.454. The Bertz CT molecular complexity index is 666. The molecule has 0 atom stereocenters. The van der Waals surface area contributed by atoms with Crippen LogP contribution in [-0.2, 0) is 0 Å². The minimum Gasteiger partial charge on any atom is -0.504 e. The van der Waals surface area contributed by atoms with Gasteiger partial charge < -0.3 is 10.2 Å². The summed E-state index contributed by atoms with van der Waals surface area (Å²) in [4.78, 5) is 11.9. The number of phenolic OH excluding ortho intramolecular Hbond substituents is 2. The van der Waals surface area contributed by atoms with Crippen LogP contribution in [0.5, 0.6) is 11.5 Å². The Morgan fingerprint density at radius 3 is 2.60 bits per heavy atom. The van der Waals surface area contributed by atoms with E-state index in [0.29, 0.717) is 11.1 Å². The molecular formula is C15H14N2O3. The average Bonchev–Trinajstić information content (AvgIpc) is 2.43. The molecule has 102 valence electrons. The summed E-state index contributed by atoms with van der Waals surface area (Å²) in [5, 5.41) is 22.3. The number of hydrazone groups is 1. The molecule has 20 heavy (non-hydrogen) atoms. The van der Waals surface area contributed by atoms with Gasteiger partial charge in [0.1, 0.15) is 0 Å². The fourth-order valence-electron chi connectivity index (χ4n) is 1.67. The largest absolute Gasteiger partial charge is 0.504 e. The first kappa shape index (κ1) is 13.6. The third-order valence-electron chi connectivity index (χ3n) is 2.77. The third-order valence-corrected chi connectivity index (χ3v) is 2.77. The molecule has 0 aliphatic heterocycles. The molecule has 1 amide bonds. The van der Waals surface area contributed by atoms with Crippen molar-refractivity contribution in [2.45, 2.75) is 6.92 Å². The number of hydrogen-bond donors (Lipinski definition) is 3. The maximum Gasteiger partial charge on any atom is 0.271 e. The van der Waals surface area contributed by atoms with Gasteiger partial charge in [-0.3, -0.25) is 4.79 Å². The van der Waals surface area contributed by atoms with Crippen molar-refractivity contribution >= 4 is 12.1 Å². The van der Waals surface area contributed by atoms with Crippen molar-refractivity contribution in [2.75, 3.05) is 0 Å². The highest BCUT2D eigenvalue weighted by Gasteiger charge is 2.06. The predicted octanol–water partition coefficient (Wildman–Crippen LogP) is 2.17. The number of benzene rings is 2. The summed E-state index contributed by atoms with van der Waals surface area (Å²) in [7, 11) is 0. The lowest BCUT2D eigenvalue weighted by molar-refractivity contribution is 0.0954. The molecule has 0 unspecified atom stereocenters. The van der Waals surface area contributed by atoms with Gasteiger partial charge in [0, 0.05) is 5.56 Å². The second-order valence-corrected chi connectivity index (χ2v) is 4.26. The first-order valence-electron chi connectivity index (χ1n) is 5.99. The summed E-state index contributed by atoms with van der Waals surface area (Å²) in [6, 6.07) is 11.5. The van der Waals surface area contributed by atoms with Crippen LogP contribution in [0.15, 0.2) is 47.6 Å². The van der Waals surface area contributed by atoms with Gasteiger partial charge >= 0.3 is 0 Å². The van der Waals surface area contributed by atoms with Gasteiger partial charge in [0.05, 0.1) is 6.21 Å². The van der Waals surface area contributed by atoms with E-state index in [0.717, 1.165) is 5.56 Å². The molecular weight excluding hydrogens is 256 g/mol. The van der Waals surface area contributed by atoms with E-state index in [2.05, 4.69) is 10.5 Å². The van der Waals surface area contributed by atoms with Gasteiger partial charge in [-0.1, -0.05) is 18.2 Å². The van der Waals surface area contributed by atoms with Gasteiger partial charge in [0.15, 0.2) is 11.5 Å². The number of carbonyl (C=O) groups excluding carboxylic acids is 1. The SMILES string of the molecule is Cc1ccccc1C(=O)N/N=C/c1ccc(O)c(O)c1. The van der Waals surface area contributed by atoms with Gasteiger partial charge in [0.25, 0.3) is 5.91 Å². The summed E-state index contributed by atoms with van der Waals surface area (Å²) in [5.74, 6) is -0.743. The van der Waals surface area contributed by atoms with E-state index in [4.69, 9.17) is 0 Å². The zero-order valence-corrected chi connectivity index (χ0v) is 10.9. The minimum absolute atomic E-state index is 0.203. The Balaban J connectivity index is 2.05. The summed E-state index contributed by atoms with van der Waals surface area (Å²) in [5.41, 5.74) is 4.39. The summed E-state index contributed by atoms with van der Waals surface area (Å²) in [6.45, 7) is 1.84. The van der Waals surface area contributed by atoms with Crippen LogP contribution in [-0.4, -0.2) is 22.3 Å². The number of phenols is 2. The van der Waals surface area contributed by atoms with E-state index in [1.807, 2.05) is 19.1 Å². The fraction of sp³-hybridized carbons (Fsp3) is 0.0667. The molecule has 3 N–H and O–H groups in total. The molecule has 2 rings (SSSR count). The van der Waals surface area contributed by atoms with Crippen molar-refractivity contribution in [3.05, 3.63) is 59.2 Å². The predicted molar refractivity (Wildman–Crippen MR) is 76.0 cm³/mol. The van der Waals surface area contributed by atoms with Crippen LogP contribution in [0.2, 0.25) is 0 Å². The Kier molecular flexibility index (Phi) is 4.00. The maximum absolute atomic E-state index is 11.9. The maximum atomic E-state index is 11.9. The van der Waals surface area contributed by atoms with E-state index in [-0.39, 0.29) is 17.4 Å². The van der Waals surface area contributed by atoms with Gasteiger partial charge in [-0.25, -0.2) is 5.43 Å². The molecule has 2 aromatic rings. The smallest absolute Gasteiger partial charge is 0.271 e. The summed E-state index contributed by atoms with van der Waals surface area (Å²) >= 11 is 0. The molecule has 0 spiro atoms. The molecule has 0 radical (unpaired) electrons. The standard InChI is InChI=1S/C15H14N2O3/c1-10-4-2-3-5-12(10)15(20)17-16-9-11-6-7-13(18)14(19)8-11/h2-9,18-19H,1H3,(H,17,20)/b16-9+. The second kappa shape index (κ2) is 5.88. The van der Waals surface area contributed by atoms with Crippen molar-refractivity contribution in [2.24, 2.45) is 5.10 Å². The van der Waals surface area contributed by atoms with Crippen LogP contribution in [0.4, 0.5) is 0 Å². The third kappa shape index (κ3) is 3.14. The lowest BCUT2D eigenvalue weighted by Crippen LogP contribution is -2.18. The van der Waals surface area contributed by atoms with Crippen LogP contribution in [0.1, 0.15) is 21.5 Å². The fourth-order valence-corrected chi connectivity index (χ4v) is 1.67. The van der Waals surface area contributed by atoms with Gasteiger partial charge in [-0.2, -0.15) is 5.10 Å². The van der Waals surface area contributed by atoms with Crippen LogP contribution in [0, 0.1) is 6.92 Å². The lowest BCUT2D eigenvalue weighted by Gasteiger charge is -2.03. The van der Waals surface area contributed by atoms with Crippen LogP contribution in [0.3, 0.4) is 0 Å². The van der Waals surface area contributed by atoms with E-state index >= 15 is 0 Å². The number of nitrogens with one attached hydrogen (secondary N) is 1. The zero-order valence-electron chi connectivity index (χ0n) is 10.9. The molecule has 0 saturated carbocycles. The normalized spacial score (nSPS) is 10.7. The first-order valence-corrected chi connectivity index (χ1v) is 5.99. The van der Waals surface area contributed by atoms with E-state index in [1.54, 1.807) is 18.2 Å². The average molecular weight is 270 g/mol. The topological polar surface area (TPSA) is 81.9 Å². The number of amides is 1. The number of hydrogen-bond acceptors (Lipinski definition) is 4. The molecule has 0 fully saturated rings. The Labute approximate surface area is 116 Å². The highest BCUT2D eigenvalue weighted by Crippen LogP contribution is 2.23. The zero-order chi connectivity index (χ0) is 14.5. The molecule has 0 bridgehead atoms. The van der Waals surface area contributed by atoms with Gasteiger partial charge in [0.2, 0.25) is 0 Å². The minimum atomic E-state index is -0.303. The van der Waals surface area contributed by atoms with Crippen molar-refractivity contribution in [1.82, 2.24) is 5.43 Å². The number of aryl methyl sites for hydroxylation is 1. The number of rotatable bonds is 3. The molecule has 0 aliphatic rings. The first-order chi connectivity index (χ1) is 9.58. The number of carbonyl (C=O) groups is 1. The molecule has 5 nitrogen and oxygen atoms in total. The van der Waals surface area contributed by atoms with Crippen molar-refractivity contribution < 1.29 is 15.0 Å². The highest BCUT2D eigenvalue weighted by atomic mass is 16.3. The monoisotopic (exact) mass is 270 g/mol. The molecule has 0 saturated heterocycles. The summed E-state index contributed by atoms with van der Waals surface area (Å²) in [6.07, 6.45) is 1.38. The molecule has 0 aliphatic carbocycles. The summed E-state index contributed by atoms with van der Waals surface area (Å²) < 4.78 is 0. The molecule has 0 heterocycles. The Hall–Kier alpha value is -2.82. The molecule has 2 aromatic carbocycles.